The van der Waals surface area contributed by atoms with Crippen LogP contribution in [0.2, 0.25) is 5.15 Å². The van der Waals surface area contributed by atoms with Crippen LogP contribution in [0, 0.1) is 0 Å². The number of hydrogen-bond acceptors (Lipinski definition) is 4. The minimum Gasteiger partial charge on any atom is -0.381 e. The Morgan fingerprint density at radius 2 is 2.24 bits per heavy atom. The highest BCUT2D eigenvalue weighted by Crippen LogP contribution is 2.32. The summed E-state index contributed by atoms with van der Waals surface area (Å²) in [6.07, 6.45) is 0. The lowest BCUT2D eigenvalue weighted by Crippen LogP contribution is -1.91. The van der Waals surface area contributed by atoms with E-state index in [0.717, 1.165) is 16.5 Å². The smallest absolute Gasteiger partial charge is 0.171 e. The van der Waals surface area contributed by atoms with Crippen LogP contribution in [-0.2, 0) is 7.05 Å². The van der Waals surface area contributed by atoms with E-state index in [-0.39, 0.29) is 0 Å². The molecule has 0 radical (unpaired) electrons. The predicted molar refractivity (Wildman–Crippen MR) is 65.6 cm³/mol. The number of rotatable bonds is 1. The molecule has 0 spiro atoms. The number of fused-ring (bicyclic) bond motifs is 1. The van der Waals surface area contributed by atoms with Crippen molar-refractivity contribution in [3.05, 3.63) is 29.4 Å². The molecule has 0 unspecified atom stereocenters. The van der Waals surface area contributed by atoms with Gasteiger partial charge in [-0.3, -0.25) is 4.68 Å². The molecular weight excluding hydrogens is 240 g/mol. The van der Waals surface area contributed by atoms with Gasteiger partial charge in [0.2, 0.25) is 0 Å². The van der Waals surface area contributed by atoms with Gasteiger partial charge in [-0.2, -0.15) is 5.10 Å². The lowest BCUT2D eigenvalue weighted by atomic mass is 10.1. The Morgan fingerprint density at radius 1 is 1.41 bits per heavy atom. The number of nitrogens with two attached hydrogens (primary N) is 1. The van der Waals surface area contributed by atoms with Gasteiger partial charge in [0.1, 0.15) is 0 Å². The molecule has 2 aromatic heterocycles. The van der Waals surface area contributed by atoms with Crippen molar-refractivity contribution in [3.8, 4) is 11.3 Å². The standard InChI is InChI=1S/C11H9ClN4O/c1-16-10-6(8-5-9(13)15-17-8)3-2-4-7(10)11(12)14-16/h2-5H,1H3,(H2,13,15). The van der Waals surface area contributed by atoms with Crippen molar-refractivity contribution in [2.45, 2.75) is 0 Å². The van der Waals surface area contributed by atoms with Crippen LogP contribution in [-0.4, -0.2) is 14.9 Å². The van der Waals surface area contributed by atoms with Gasteiger partial charge in [0, 0.05) is 24.1 Å². The van der Waals surface area contributed by atoms with Gasteiger partial charge in [-0.15, -0.1) is 0 Å². The summed E-state index contributed by atoms with van der Waals surface area (Å²) in [6.45, 7) is 0. The topological polar surface area (TPSA) is 69.9 Å². The maximum Gasteiger partial charge on any atom is 0.171 e. The largest absolute Gasteiger partial charge is 0.381 e. The molecule has 3 rings (SSSR count). The molecular formula is C11H9ClN4O. The highest BCUT2D eigenvalue weighted by molar-refractivity contribution is 6.34. The molecule has 3 aromatic rings. The molecule has 0 bridgehead atoms. The molecule has 0 aliphatic rings. The first kappa shape index (κ1) is 10.2. The van der Waals surface area contributed by atoms with Crippen LogP contribution < -0.4 is 5.73 Å². The fourth-order valence-electron chi connectivity index (χ4n) is 1.91. The zero-order valence-electron chi connectivity index (χ0n) is 9.01. The van der Waals surface area contributed by atoms with Crippen molar-refractivity contribution < 1.29 is 4.52 Å². The molecule has 6 heteroatoms. The molecule has 0 fully saturated rings. The second-order valence-electron chi connectivity index (χ2n) is 3.73. The molecule has 0 saturated carbocycles. The summed E-state index contributed by atoms with van der Waals surface area (Å²) in [4.78, 5) is 0. The fourth-order valence-corrected chi connectivity index (χ4v) is 2.17. The zero-order valence-corrected chi connectivity index (χ0v) is 9.77. The molecule has 86 valence electrons. The highest BCUT2D eigenvalue weighted by Gasteiger charge is 2.14. The summed E-state index contributed by atoms with van der Waals surface area (Å²) in [6, 6.07) is 7.40. The van der Waals surface area contributed by atoms with E-state index < -0.39 is 0 Å². The molecule has 17 heavy (non-hydrogen) atoms. The van der Waals surface area contributed by atoms with Gasteiger partial charge in [0.25, 0.3) is 0 Å². The van der Waals surface area contributed by atoms with Crippen LogP contribution in [0.25, 0.3) is 22.2 Å². The Bertz CT molecular complexity index is 701. The van der Waals surface area contributed by atoms with Gasteiger partial charge in [-0.1, -0.05) is 22.8 Å². The third-order valence-electron chi connectivity index (χ3n) is 2.61. The Kier molecular flexibility index (Phi) is 2.09. The van der Waals surface area contributed by atoms with Crippen LogP contribution in [0.1, 0.15) is 0 Å². The molecule has 5 nitrogen and oxygen atoms in total. The first-order chi connectivity index (χ1) is 8.16. The van der Waals surface area contributed by atoms with Gasteiger partial charge in [0.05, 0.1) is 5.52 Å². The van der Waals surface area contributed by atoms with Crippen molar-refractivity contribution in [3.63, 3.8) is 0 Å². The Balaban J connectivity index is 2.37. The van der Waals surface area contributed by atoms with Crippen molar-refractivity contribution in [1.29, 1.82) is 0 Å². The average Bonchev–Trinajstić information content (AvgIpc) is 2.85. The highest BCUT2D eigenvalue weighted by atomic mass is 35.5. The van der Waals surface area contributed by atoms with Crippen molar-refractivity contribution in [2.75, 3.05) is 5.73 Å². The third-order valence-corrected chi connectivity index (χ3v) is 2.89. The Morgan fingerprint density at radius 3 is 2.94 bits per heavy atom. The molecule has 0 aliphatic heterocycles. The zero-order chi connectivity index (χ0) is 12.0. The number of para-hydroxylation sites is 1. The molecule has 0 aliphatic carbocycles. The van der Waals surface area contributed by atoms with Crippen LogP contribution in [0.3, 0.4) is 0 Å². The van der Waals surface area contributed by atoms with Gasteiger partial charge in [0.15, 0.2) is 16.7 Å². The summed E-state index contributed by atoms with van der Waals surface area (Å²) in [5.41, 5.74) is 7.32. The summed E-state index contributed by atoms with van der Waals surface area (Å²) < 4.78 is 6.88. The number of benzene rings is 1. The fraction of sp³-hybridized carbons (Fsp3) is 0.0909. The molecule has 1 aromatic carbocycles. The number of anilines is 1. The third kappa shape index (κ3) is 1.47. The maximum absolute atomic E-state index is 6.04. The minimum absolute atomic E-state index is 0.352. The van der Waals surface area contributed by atoms with E-state index in [2.05, 4.69) is 10.3 Å². The Hall–Kier alpha value is -2.01. The molecule has 0 atom stereocenters. The molecule has 2 N–H and O–H groups in total. The molecule has 0 saturated heterocycles. The van der Waals surface area contributed by atoms with Gasteiger partial charge in [-0.25, -0.2) is 0 Å². The van der Waals surface area contributed by atoms with E-state index in [1.165, 1.54) is 0 Å². The predicted octanol–water partition coefficient (Wildman–Crippen LogP) is 2.46. The van der Waals surface area contributed by atoms with E-state index in [4.69, 9.17) is 21.9 Å². The number of nitrogen functional groups attached to an aromatic ring is 1. The average molecular weight is 249 g/mol. The first-order valence-corrected chi connectivity index (χ1v) is 5.38. The van der Waals surface area contributed by atoms with Crippen LogP contribution in [0.5, 0.6) is 0 Å². The number of aromatic nitrogens is 3. The lowest BCUT2D eigenvalue weighted by molar-refractivity contribution is 0.436. The van der Waals surface area contributed by atoms with E-state index in [0.29, 0.717) is 16.7 Å². The van der Waals surface area contributed by atoms with Gasteiger partial charge >= 0.3 is 0 Å². The lowest BCUT2D eigenvalue weighted by Gasteiger charge is -2.00. The van der Waals surface area contributed by atoms with Crippen LogP contribution >= 0.6 is 11.6 Å². The maximum atomic E-state index is 6.04. The minimum atomic E-state index is 0.352. The van der Waals surface area contributed by atoms with Gasteiger partial charge < -0.3 is 10.3 Å². The summed E-state index contributed by atoms with van der Waals surface area (Å²) >= 11 is 6.04. The summed E-state index contributed by atoms with van der Waals surface area (Å²) in [5, 5.41) is 9.19. The van der Waals surface area contributed by atoms with E-state index in [1.54, 1.807) is 10.7 Å². The van der Waals surface area contributed by atoms with Crippen molar-refractivity contribution >= 4 is 28.3 Å². The summed E-state index contributed by atoms with van der Waals surface area (Å²) in [5.74, 6) is 0.957. The number of nitrogens with zero attached hydrogens (tertiary/aromatic N) is 3. The van der Waals surface area contributed by atoms with Crippen LogP contribution in [0.15, 0.2) is 28.8 Å². The Labute approximate surface area is 102 Å². The van der Waals surface area contributed by atoms with Crippen molar-refractivity contribution in [1.82, 2.24) is 14.9 Å². The monoisotopic (exact) mass is 248 g/mol. The number of hydrogen-bond donors (Lipinski definition) is 1. The van der Waals surface area contributed by atoms with E-state index in [9.17, 15) is 0 Å². The van der Waals surface area contributed by atoms with Gasteiger partial charge in [-0.05, 0) is 12.1 Å². The quantitative estimate of drug-likeness (QED) is 0.718. The van der Waals surface area contributed by atoms with Crippen LogP contribution in [0.4, 0.5) is 5.82 Å². The van der Waals surface area contributed by atoms with E-state index >= 15 is 0 Å². The summed E-state index contributed by atoms with van der Waals surface area (Å²) in [7, 11) is 1.83. The molecule has 2 heterocycles. The van der Waals surface area contributed by atoms with Crippen molar-refractivity contribution in [2.24, 2.45) is 7.05 Å². The normalized spacial score (nSPS) is 11.2. The second-order valence-corrected chi connectivity index (χ2v) is 4.09. The first-order valence-electron chi connectivity index (χ1n) is 5.00. The number of aryl methyl sites for hydroxylation is 1. The second kappa shape index (κ2) is 3.49. The SMILES string of the molecule is Cn1nc(Cl)c2cccc(-c3cc(N)no3)c21. The molecule has 0 amide bonds. The van der Waals surface area contributed by atoms with E-state index in [1.807, 2.05) is 25.2 Å². The number of halogens is 1.